The molecule has 3 aromatic carbocycles. The van der Waals surface area contributed by atoms with Crippen LogP contribution in [0.2, 0.25) is 10.0 Å². The topological polar surface area (TPSA) is 95.5 Å². The van der Waals surface area contributed by atoms with Crippen LogP contribution in [-0.4, -0.2) is 28.1 Å². The minimum Gasteiger partial charge on any atom is -0.478 e. The molecule has 0 radical (unpaired) electrons. The molecule has 0 aromatic heterocycles. The van der Waals surface area contributed by atoms with Gasteiger partial charge in [0, 0.05) is 21.2 Å². The fraction of sp³-hybridized carbons (Fsp3) is 0.125. The zero-order valence-corrected chi connectivity index (χ0v) is 19.8. The van der Waals surface area contributed by atoms with Crippen LogP contribution < -0.4 is 10.6 Å². The smallest absolute Gasteiger partial charge is 0.335 e. The average Bonchev–Trinajstić information content (AvgIpc) is 2.79. The first kappa shape index (κ1) is 24.6. The highest BCUT2D eigenvalue weighted by Crippen LogP contribution is 2.30. The summed E-state index contributed by atoms with van der Waals surface area (Å²) in [5, 5.41) is 15.0. The van der Waals surface area contributed by atoms with E-state index in [1.165, 1.54) is 30.0 Å². The van der Waals surface area contributed by atoms with Gasteiger partial charge in [0.05, 0.1) is 21.5 Å². The Hall–Kier alpha value is -3.00. The van der Waals surface area contributed by atoms with Crippen molar-refractivity contribution in [1.82, 2.24) is 0 Å². The predicted octanol–water partition coefficient (Wildman–Crippen LogP) is 6.45. The highest BCUT2D eigenvalue weighted by molar-refractivity contribution is 8.00. The third-order valence-electron chi connectivity index (χ3n) is 4.59. The van der Waals surface area contributed by atoms with Gasteiger partial charge in [-0.15, -0.1) is 11.8 Å². The number of benzene rings is 3. The summed E-state index contributed by atoms with van der Waals surface area (Å²) in [7, 11) is 0. The van der Waals surface area contributed by atoms with Crippen molar-refractivity contribution < 1.29 is 19.5 Å². The number of hydrogen-bond acceptors (Lipinski definition) is 4. The standard InChI is InChI=1S/C24H20Cl2N2O4S/c1-2-21(23(30)28-20-12-15(24(31)32)9-10-19(20)26)33-18-8-4-7-17(13-18)27-22(29)14-5-3-6-16(25)11-14/h3-13,21H,2H2,1H3,(H,27,29)(H,28,30)(H,31,32). The molecule has 1 atom stereocenters. The molecule has 33 heavy (non-hydrogen) atoms. The van der Waals surface area contributed by atoms with E-state index < -0.39 is 11.2 Å². The highest BCUT2D eigenvalue weighted by atomic mass is 35.5. The average molecular weight is 503 g/mol. The highest BCUT2D eigenvalue weighted by Gasteiger charge is 2.20. The lowest BCUT2D eigenvalue weighted by molar-refractivity contribution is -0.115. The molecule has 2 amide bonds. The lowest BCUT2D eigenvalue weighted by Crippen LogP contribution is -2.24. The van der Waals surface area contributed by atoms with E-state index >= 15 is 0 Å². The summed E-state index contributed by atoms with van der Waals surface area (Å²) < 4.78 is 0. The number of carboxylic acid groups (broad SMARTS) is 1. The normalized spacial score (nSPS) is 11.5. The Labute approximate surface area is 205 Å². The van der Waals surface area contributed by atoms with Gasteiger partial charge in [0.15, 0.2) is 0 Å². The number of anilines is 2. The molecule has 0 saturated heterocycles. The Bertz CT molecular complexity index is 1200. The van der Waals surface area contributed by atoms with Crippen LogP contribution in [0.1, 0.15) is 34.1 Å². The number of hydrogen-bond donors (Lipinski definition) is 3. The van der Waals surface area contributed by atoms with Gasteiger partial charge in [-0.2, -0.15) is 0 Å². The molecule has 0 aliphatic heterocycles. The SMILES string of the molecule is CCC(Sc1cccc(NC(=O)c2cccc(Cl)c2)c1)C(=O)Nc1cc(C(=O)O)ccc1Cl. The Morgan fingerprint density at radius 2 is 1.70 bits per heavy atom. The van der Waals surface area contributed by atoms with E-state index in [2.05, 4.69) is 10.6 Å². The summed E-state index contributed by atoms with van der Waals surface area (Å²) in [5.74, 6) is -1.71. The van der Waals surface area contributed by atoms with Gasteiger partial charge in [-0.25, -0.2) is 4.79 Å². The maximum absolute atomic E-state index is 12.8. The molecule has 3 rings (SSSR count). The van der Waals surface area contributed by atoms with E-state index in [9.17, 15) is 14.4 Å². The zero-order valence-electron chi connectivity index (χ0n) is 17.5. The van der Waals surface area contributed by atoms with E-state index in [0.29, 0.717) is 22.7 Å². The molecule has 9 heteroatoms. The van der Waals surface area contributed by atoms with Crippen LogP contribution in [0, 0.1) is 0 Å². The molecular weight excluding hydrogens is 483 g/mol. The molecule has 0 spiro atoms. The summed E-state index contributed by atoms with van der Waals surface area (Å²) >= 11 is 13.4. The van der Waals surface area contributed by atoms with Gasteiger partial charge in [-0.05, 0) is 61.0 Å². The molecule has 3 aromatic rings. The van der Waals surface area contributed by atoms with Gasteiger partial charge in [-0.3, -0.25) is 9.59 Å². The second kappa shape index (κ2) is 11.2. The van der Waals surface area contributed by atoms with Gasteiger partial charge in [-0.1, -0.05) is 42.3 Å². The number of carboxylic acids is 1. The third-order valence-corrected chi connectivity index (χ3v) is 6.51. The van der Waals surface area contributed by atoms with E-state index in [4.69, 9.17) is 28.3 Å². The molecule has 170 valence electrons. The van der Waals surface area contributed by atoms with Crippen molar-refractivity contribution in [2.24, 2.45) is 0 Å². The Kier molecular flexibility index (Phi) is 8.38. The van der Waals surface area contributed by atoms with Gasteiger partial charge < -0.3 is 15.7 Å². The van der Waals surface area contributed by atoms with E-state index in [1.54, 1.807) is 42.5 Å². The molecule has 0 aliphatic rings. The molecular formula is C24H20Cl2N2O4S. The van der Waals surface area contributed by atoms with Crippen LogP contribution in [0.5, 0.6) is 0 Å². The molecule has 0 saturated carbocycles. The van der Waals surface area contributed by atoms with Crippen molar-refractivity contribution in [3.63, 3.8) is 0 Å². The zero-order chi connectivity index (χ0) is 24.0. The van der Waals surface area contributed by atoms with Crippen LogP contribution in [0.15, 0.2) is 71.6 Å². The van der Waals surface area contributed by atoms with Crippen molar-refractivity contribution in [1.29, 1.82) is 0 Å². The molecule has 1 unspecified atom stereocenters. The Morgan fingerprint density at radius 3 is 2.39 bits per heavy atom. The van der Waals surface area contributed by atoms with Crippen molar-refractivity contribution in [2.45, 2.75) is 23.5 Å². The van der Waals surface area contributed by atoms with Gasteiger partial charge in [0.25, 0.3) is 5.91 Å². The van der Waals surface area contributed by atoms with Gasteiger partial charge in [0.1, 0.15) is 0 Å². The number of amides is 2. The van der Waals surface area contributed by atoms with Crippen molar-refractivity contribution in [3.05, 3.63) is 87.9 Å². The van der Waals surface area contributed by atoms with Crippen LogP contribution in [0.3, 0.4) is 0 Å². The van der Waals surface area contributed by atoms with Gasteiger partial charge in [0.2, 0.25) is 5.91 Å². The number of halogens is 2. The second-order valence-corrected chi connectivity index (χ2v) is 9.12. The van der Waals surface area contributed by atoms with Gasteiger partial charge >= 0.3 is 5.97 Å². The Morgan fingerprint density at radius 1 is 0.939 bits per heavy atom. The minimum absolute atomic E-state index is 0.0264. The summed E-state index contributed by atoms with van der Waals surface area (Å²) in [5.41, 5.74) is 1.28. The number of thioether (sulfide) groups is 1. The summed E-state index contributed by atoms with van der Waals surface area (Å²) in [4.78, 5) is 37.3. The first-order valence-electron chi connectivity index (χ1n) is 9.94. The summed E-state index contributed by atoms with van der Waals surface area (Å²) in [6.45, 7) is 1.87. The first-order valence-corrected chi connectivity index (χ1v) is 11.6. The number of carbonyl (C=O) groups excluding carboxylic acids is 2. The lowest BCUT2D eigenvalue weighted by Gasteiger charge is -2.16. The second-order valence-electron chi connectivity index (χ2n) is 7.00. The van der Waals surface area contributed by atoms with E-state index in [0.717, 1.165) is 4.90 Å². The minimum atomic E-state index is -1.11. The molecule has 3 N–H and O–H groups in total. The number of rotatable bonds is 8. The fourth-order valence-corrected chi connectivity index (χ4v) is 4.30. The van der Waals surface area contributed by atoms with Crippen LogP contribution >= 0.6 is 35.0 Å². The van der Waals surface area contributed by atoms with Crippen LogP contribution in [-0.2, 0) is 4.79 Å². The maximum atomic E-state index is 12.8. The van der Waals surface area contributed by atoms with Crippen molar-refractivity contribution in [2.75, 3.05) is 10.6 Å². The van der Waals surface area contributed by atoms with Crippen molar-refractivity contribution in [3.8, 4) is 0 Å². The van der Waals surface area contributed by atoms with Crippen LogP contribution in [0.4, 0.5) is 11.4 Å². The van der Waals surface area contributed by atoms with Crippen LogP contribution in [0.25, 0.3) is 0 Å². The first-order chi connectivity index (χ1) is 15.8. The third kappa shape index (κ3) is 6.74. The maximum Gasteiger partial charge on any atom is 0.335 e. The monoisotopic (exact) mass is 502 g/mol. The molecule has 0 bridgehead atoms. The lowest BCUT2D eigenvalue weighted by atomic mass is 10.2. The molecule has 0 aliphatic carbocycles. The van der Waals surface area contributed by atoms with Crippen molar-refractivity contribution >= 4 is 64.1 Å². The van der Waals surface area contributed by atoms with E-state index in [-0.39, 0.29) is 28.1 Å². The largest absolute Gasteiger partial charge is 0.478 e. The summed E-state index contributed by atoms with van der Waals surface area (Å²) in [6, 6.07) is 17.9. The number of nitrogens with one attached hydrogen (secondary N) is 2. The number of carbonyl (C=O) groups is 3. The quantitative estimate of drug-likeness (QED) is 0.307. The number of aromatic carboxylic acids is 1. The molecule has 6 nitrogen and oxygen atoms in total. The molecule has 0 heterocycles. The summed E-state index contributed by atoms with van der Waals surface area (Å²) in [6.07, 6.45) is 0.520. The Balaban J connectivity index is 1.70. The molecule has 0 fully saturated rings. The van der Waals surface area contributed by atoms with E-state index in [1.807, 2.05) is 13.0 Å². The fourth-order valence-electron chi connectivity index (χ4n) is 2.93. The predicted molar refractivity (Wildman–Crippen MR) is 133 cm³/mol.